The van der Waals surface area contributed by atoms with Crippen molar-refractivity contribution in [2.75, 3.05) is 4.90 Å². The fourth-order valence-electron chi connectivity index (χ4n) is 7.09. The molecule has 2 nitrogen and oxygen atoms in total. The molecule has 4 aromatic carbocycles. The normalized spacial score (nSPS) is 14.9. The Hall–Kier alpha value is -4.17. The van der Waals surface area contributed by atoms with E-state index in [1.54, 1.807) is 0 Å². The van der Waals surface area contributed by atoms with Gasteiger partial charge in [0.05, 0.1) is 22.8 Å². The second kappa shape index (κ2) is 6.28. The maximum Gasteiger partial charge on any atom is 0.0688 e. The summed E-state index contributed by atoms with van der Waals surface area (Å²) in [5.41, 5.74) is 21.1. The first-order valence-corrected chi connectivity index (χ1v) is 12.6. The molecule has 0 atom stereocenters. The number of aromatic nitrogens is 1. The predicted molar refractivity (Wildman–Crippen MR) is 141 cm³/mol. The van der Waals surface area contributed by atoms with Gasteiger partial charge >= 0.3 is 0 Å². The highest BCUT2D eigenvalue weighted by molar-refractivity contribution is 5.93. The zero-order chi connectivity index (χ0) is 22.7. The van der Waals surface area contributed by atoms with Crippen LogP contribution in [0.5, 0.6) is 0 Å². The summed E-state index contributed by atoms with van der Waals surface area (Å²) >= 11 is 0. The van der Waals surface area contributed by atoms with Gasteiger partial charge in [0, 0.05) is 19.0 Å². The van der Waals surface area contributed by atoms with Crippen molar-refractivity contribution in [3.8, 4) is 22.3 Å². The minimum absolute atomic E-state index is 0.908. The summed E-state index contributed by atoms with van der Waals surface area (Å²) in [6.45, 7) is 0. The quantitative estimate of drug-likeness (QED) is 0.240. The van der Waals surface area contributed by atoms with Crippen LogP contribution in [0, 0.1) is 0 Å². The van der Waals surface area contributed by atoms with Gasteiger partial charge in [0.25, 0.3) is 0 Å². The summed E-state index contributed by atoms with van der Waals surface area (Å²) in [5, 5.41) is 0. The molecule has 0 unspecified atom stereocenters. The molecule has 164 valence electrons. The number of hydrogen-bond donors (Lipinski definition) is 0. The van der Waals surface area contributed by atoms with Crippen LogP contribution in [-0.2, 0) is 25.7 Å². The third-order valence-corrected chi connectivity index (χ3v) is 8.58. The van der Waals surface area contributed by atoms with Gasteiger partial charge in [-0.2, -0.15) is 0 Å². The Kier molecular flexibility index (Phi) is 3.27. The molecular weight excluding hydrogens is 424 g/mol. The Bertz CT molecular complexity index is 1760. The zero-order valence-electron chi connectivity index (χ0n) is 19.3. The summed E-state index contributed by atoms with van der Waals surface area (Å²) in [6.07, 6.45) is 5.93. The monoisotopic (exact) mass is 446 g/mol. The summed E-state index contributed by atoms with van der Waals surface area (Å²) in [4.78, 5) is 7.27. The van der Waals surface area contributed by atoms with Gasteiger partial charge < -0.3 is 4.90 Å². The summed E-state index contributed by atoms with van der Waals surface area (Å²) in [7, 11) is 0. The molecule has 0 radical (unpaired) electrons. The molecule has 0 bridgehead atoms. The average molecular weight is 447 g/mol. The van der Waals surface area contributed by atoms with Gasteiger partial charge in [-0.05, 0) is 92.2 Å². The van der Waals surface area contributed by atoms with Gasteiger partial charge in [0.15, 0.2) is 0 Å². The molecule has 35 heavy (non-hydrogen) atoms. The second-order valence-corrected chi connectivity index (χ2v) is 10.3. The molecule has 0 fully saturated rings. The minimum Gasteiger partial charge on any atom is -0.308 e. The Labute approximate surface area is 204 Å². The molecule has 2 aliphatic heterocycles. The number of anilines is 3. The van der Waals surface area contributed by atoms with Crippen molar-refractivity contribution in [3.05, 3.63) is 130 Å². The largest absolute Gasteiger partial charge is 0.308 e. The van der Waals surface area contributed by atoms with Crippen LogP contribution in [0.2, 0.25) is 0 Å². The number of para-hydroxylation sites is 1. The fraction of sp³-hybridized carbons (Fsp3) is 0.121. The van der Waals surface area contributed by atoms with Crippen LogP contribution in [0.4, 0.5) is 17.1 Å². The summed E-state index contributed by atoms with van der Waals surface area (Å²) in [6, 6.07) is 29.7. The Morgan fingerprint density at radius 2 is 1.29 bits per heavy atom. The van der Waals surface area contributed by atoms with Crippen molar-refractivity contribution in [3.63, 3.8) is 0 Å². The molecule has 0 spiro atoms. The molecule has 4 aliphatic rings. The number of pyridine rings is 1. The first-order valence-electron chi connectivity index (χ1n) is 12.6. The second-order valence-electron chi connectivity index (χ2n) is 10.3. The number of hydrogen-bond acceptors (Lipinski definition) is 2. The van der Waals surface area contributed by atoms with Crippen molar-refractivity contribution >= 4 is 17.1 Å². The van der Waals surface area contributed by atoms with Crippen LogP contribution in [0.25, 0.3) is 22.3 Å². The van der Waals surface area contributed by atoms with E-state index in [9.17, 15) is 0 Å². The zero-order valence-corrected chi connectivity index (χ0v) is 19.3. The van der Waals surface area contributed by atoms with Crippen molar-refractivity contribution in [2.24, 2.45) is 0 Å². The lowest BCUT2D eigenvalue weighted by Crippen LogP contribution is -2.25. The summed E-state index contributed by atoms with van der Waals surface area (Å²) in [5.74, 6) is 0. The highest BCUT2D eigenvalue weighted by atomic mass is 15.2. The Morgan fingerprint density at radius 3 is 2.20 bits per heavy atom. The molecule has 0 amide bonds. The van der Waals surface area contributed by atoms with Crippen LogP contribution in [-0.4, -0.2) is 4.98 Å². The van der Waals surface area contributed by atoms with E-state index in [0.717, 1.165) is 25.7 Å². The lowest BCUT2D eigenvalue weighted by molar-refractivity contribution is 0.969. The van der Waals surface area contributed by atoms with E-state index in [-0.39, 0.29) is 0 Å². The molecule has 5 aromatic rings. The van der Waals surface area contributed by atoms with Crippen molar-refractivity contribution in [1.82, 2.24) is 4.98 Å². The van der Waals surface area contributed by atoms with Gasteiger partial charge in [0.2, 0.25) is 0 Å². The van der Waals surface area contributed by atoms with Crippen LogP contribution in [0.3, 0.4) is 0 Å². The average Bonchev–Trinajstić information content (AvgIpc) is 3.45. The lowest BCUT2D eigenvalue weighted by Gasteiger charge is -2.39. The molecule has 0 N–H and O–H groups in total. The smallest absolute Gasteiger partial charge is 0.0688 e. The van der Waals surface area contributed by atoms with Gasteiger partial charge in [-0.25, -0.2) is 0 Å². The fourth-order valence-corrected chi connectivity index (χ4v) is 7.09. The van der Waals surface area contributed by atoms with E-state index in [4.69, 9.17) is 4.98 Å². The lowest BCUT2D eigenvalue weighted by atomic mass is 9.86. The van der Waals surface area contributed by atoms with Crippen LogP contribution in [0.15, 0.2) is 85.1 Å². The highest BCUT2D eigenvalue weighted by Crippen LogP contribution is 2.53. The molecule has 0 saturated heterocycles. The molecule has 2 heteroatoms. The standard InChI is InChI=1S/C33H22N2/c1-2-8-24-19(5-1)15-28-25(24)10-11-26-27-18-32-23(14-22(27)16-29(26)28)13-20-6-3-7-21-17-30-31(9-4-12-34-30)35(32)33(20)21/h1-12,14,18H,13,15-17H2. The van der Waals surface area contributed by atoms with Crippen molar-refractivity contribution < 1.29 is 0 Å². The van der Waals surface area contributed by atoms with Gasteiger partial charge in [-0.3, -0.25) is 4.98 Å². The van der Waals surface area contributed by atoms with Crippen LogP contribution in [0.1, 0.15) is 44.6 Å². The highest BCUT2D eigenvalue weighted by Gasteiger charge is 2.34. The number of benzene rings is 4. The van der Waals surface area contributed by atoms with E-state index < -0.39 is 0 Å². The maximum absolute atomic E-state index is 4.77. The van der Waals surface area contributed by atoms with Crippen molar-refractivity contribution in [1.29, 1.82) is 0 Å². The molecular formula is C33H22N2. The molecule has 0 saturated carbocycles. The maximum atomic E-state index is 4.77. The van der Waals surface area contributed by atoms with Crippen LogP contribution >= 0.6 is 0 Å². The molecule has 3 heterocycles. The van der Waals surface area contributed by atoms with E-state index >= 15 is 0 Å². The first kappa shape index (κ1) is 18.2. The van der Waals surface area contributed by atoms with E-state index in [1.807, 2.05) is 6.20 Å². The van der Waals surface area contributed by atoms with Gasteiger partial charge in [-0.1, -0.05) is 60.7 Å². The third kappa shape index (κ3) is 2.27. The van der Waals surface area contributed by atoms with Gasteiger partial charge in [-0.15, -0.1) is 0 Å². The minimum atomic E-state index is 0.908. The molecule has 2 aliphatic carbocycles. The van der Waals surface area contributed by atoms with Gasteiger partial charge in [0.1, 0.15) is 0 Å². The number of fused-ring (bicyclic) bond motifs is 11. The summed E-state index contributed by atoms with van der Waals surface area (Å²) < 4.78 is 0. The van der Waals surface area contributed by atoms with E-state index in [1.165, 1.54) is 84.0 Å². The van der Waals surface area contributed by atoms with Crippen molar-refractivity contribution in [2.45, 2.75) is 25.7 Å². The number of nitrogens with zero attached hydrogens (tertiary/aromatic N) is 2. The number of rotatable bonds is 0. The first-order chi connectivity index (χ1) is 17.3. The Balaban J connectivity index is 1.26. The van der Waals surface area contributed by atoms with E-state index in [2.05, 4.69) is 83.8 Å². The third-order valence-electron chi connectivity index (χ3n) is 8.58. The molecule has 1 aromatic heterocycles. The van der Waals surface area contributed by atoms with E-state index in [0.29, 0.717) is 0 Å². The Morgan fingerprint density at radius 1 is 0.514 bits per heavy atom. The SMILES string of the molecule is c1ccc2c(c1)Cc1c-2ccc2c1Cc1cc3c(cc1-2)N1c2cccnc2Cc2cccc(c21)C3. The topological polar surface area (TPSA) is 16.1 Å². The predicted octanol–water partition coefficient (Wildman–Crippen LogP) is 7.50. The molecule has 9 rings (SSSR count). The van der Waals surface area contributed by atoms with Crippen LogP contribution < -0.4 is 4.90 Å².